The van der Waals surface area contributed by atoms with E-state index in [0.29, 0.717) is 0 Å². The van der Waals surface area contributed by atoms with Crippen molar-refractivity contribution in [1.29, 1.82) is 0 Å². The Morgan fingerprint density at radius 1 is 1.22 bits per heavy atom. The van der Waals surface area contributed by atoms with Crippen LogP contribution in [-0.2, 0) is 6.42 Å². The van der Waals surface area contributed by atoms with Gasteiger partial charge in [0.15, 0.2) is 0 Å². The summed E-state index contributed by atoms with van der Waals surface area (Å²) in [7, 11) is 2.20. The van der Waals surface area contributed by atoms with Crippen molar-refractivity contribution in [3.8, 4) is 0 Å². The van der Waals surface area contributed by atoms with Gasteiger partial charge in [0.1, 0.15) is 0 Å². The molecule has 1 aromatic heterocycles. The van der Waals surface area contributed by atoms with Crippen LogP contribution in [0, 0.1) is 5.92 Å². The van der Waals surface area contributed by atoms with Crippen molar-refractivity contribution >= 4 is 0 Å². The Balaban J connectivity index is 2.09. The molecule has 0 aliphatic heterocycles. The molecule has 0 fully saturated rings. The third-order valence-corrected chi connectivity index (χ3v) is 3.43. The van der Waals surface area contributed by atoms with Gasteiger partial charge in [0, 0.05) is 18.9 Å². The van der Waals surface area contributed by atoms with Crippen LogP contribution in [0.1, 0.15) is 31.7 Å². The summed E-state index contributed by atoms with van der Waals surface area (Å²) in [6.45, 7) is 5.41. The molecule has 1 rings (SSSR count). The zero-order chi connectivity index (χ0) is 13.2. The molecule has 0 amide bonds. The molecule has 1 aromatic rings. The predicted octanol–water partition coefficient (Wildman–Crippen LogP) is 2.32. The van der Waals surface area contributed by atoms with Gasteiger partial charge in [-0.1, -0.05) is 6.92 Å². The van der Waals surface area contributed by atoms with E-state index in [4.69, 9.17) is 5.73 Å². The Hall–Kier alpha value is -0.930. The highest BCUT2D eigenvalue weighted by Gasteiger charge is 2.03. The van der Waals surface area contributed by atoms with Gasteiger partial charge in [0.25, 0.3) is 0 Å². The minimum atomic E-state index is 0.767. The van der Waals surface area contributed by atoms with Gasteiger partial charge in [-0.2, -0.15) is 0 Å². The van der Waals surface area contributed by atoms with Crippen LogP contribution in [0.25, 0.3) is 0 Å². The lowest BCUT2D eigenvalue weighted by molar-refractivity contribution is 0.316. The minimum absolute atomic E-state index is 0.767. The second-order valence-corrected chi connectivity index (χ2v) is 5.23. The second kappa shape index (κ2) is 9.06. The zero-order valence-corrected chi connectivity index (χ0v) is 11.8. The molecule has 0 saturated heterocycles. The van der Waals surface area contributed by atoms with E-state index in [2.05, 4.69) is 36.0 Å². The van der Waals surface area contributed by atoms with Crippen molar-refractivity contribution in [2.75, 3.05) is 26.7 Å². The SMILES string of the molecule is CC(CCN)CCCN(C)CCc1ccncc1. The molecule has 1 unspecified atom stereocenters. The molecular formula is C15H27N3. The normalized spacial score (nSPS) is 12.9. The first-order chi connectivity index (χ1) is 8.72. The van der Waals surface area contributed by atoms with Gasteiger partial charge in [-0.05, 0) is 69.4 Å². The van der Waals surface area contributed by atoms with E-state index >= 15 is 0 Å². The Morgan fingerprint density at radius 2 is 1.94 bits per heavy atom. The highest BCUT2D eigenvalue weighted by Crippen LogP contribution is 2.09. The van der Waals surface area contributed by atoms with Gasteiger partial charge in [-0.25, -0.2) is 0 Å². The summed E-state index contributed by atoms with van der Waals surface area (Å²) in [4.78, 5) is 6.45. The number of aromatic nitrogens is 1. The van der Waals surface area contributed by atoms with Crippen LogP contribution in [-0.4, -0.2) is 36.6 Å². The summed E-state index contributed by atoms with van der Waals surface area (Å²) < 4.78 is 0. The molecule has 0 saturated carbocycles. The number of hydrogen-bond acceptors (Lipinski definition) is 3. The number of nitrogens with two attached hydrogens (primary N) is 1. The average Bonchev–Trinajstić information content (AvgIpc) is 2.38. The van der Waals surface area contributed by atoms with Crippen LogP contribution in [0.5, 0.6) is 0 Å². The maximum Gasteiger partial charge on any atom is 0.0270 e. The van der Waals surface area contributed by atoms with E-state index in [1.807, 2.05) is 12.4 Å². The lowest BCUT2D eigenvalue weighted by atomic mass is 10.0. The highest BCUT2D eigenvalue weighted by molar-refractivity contribution is 5.09. The lowest BCUT2D eigenvalue weighted by Gasteiger charge is -2.17. The van der Waals surface area contributed by atoms with Crippen molar-refractivity contribution in [2.24, 2.45) is 11.7 Å². The monoisotopic (exact) mass is 249 g/mol. The van der Waals surface area contributed by atoms with Crippen LogP contribution < -0.4 is 5.73 Å². The van der Waals surface area contributed by atoms with Crippen molar-refractivity contribution < 1.29 is 0 Å². The van der Waals surface area contributed by atoms with Gasteiger partial charge in [0.2, 0.25) is 0 Å². The quantitative estimate of drug-likeness (QED) is 0.730. The molecule has 18 heavy (non-hydrogen) atoms. The van der Waals surface area contributed by atoms with E-state index < -0.39 is 0 Å². The van der Waals surface area contributed by atoms with Crippen molar-refractivity contribution in [3.63, 3.8) is 0 Å². The van der Waals surface area contributed by atoms with Crippen LogP contribution in [0.15, 0.2) is 24.5 Å². The number of pyridine rings is 1. The Morgan fingerprint density at radius 3 is 2.61 bits per heavy atom. The highest BCUT2D eigenvalue weighted by atomic mass is 15.1. The molecular weight excluding hydrogens is 222 g/mol. The third-order valence-electron chi connectivity index (χ3n) is 3.43. The van der Waals surface area contributed by atoms with E-state index in [9.17, 15) is 0 Å². The molecule has 102 valence electrons. The lowest BCUT2D eigenvalue weighted by Crippen LogP contribution is -2.23. The molecule has 0 bridgehead atoms. The van der Waals surface area contributed by atoms with Gasteiger partial charge in [-0.3, -0.25) is 4.98 Å². The topological polar surface area (TPSA) is 42.1 Å². The zero-order valence-electron chi connectivity index (χ0n) is 11.8. The summed E-state index contributed by atoms with van der Waals surface area (Å²) in [6.07, 6.45) is 8.55. The predicted molar refractivity (Wildman–Crippen MR) is 77.5 cm³/mol. The Kier molecular flexibility index (Phi) is 7.62. The van der Waals surface area contributed by atoms with Crippen LogP contribution >= 0.6 is 0 Å². The van der Waals surface area contributed by atoms with E-state index in [0.717, 1.165) is 31.8 Å². The molecule has 3 heteroatoms. The van der Waals surface area contributed by atoms with Crippen molar-refractivity contribution in [3.05, 3.63) is 30.1 Å². The largest absolute Gasteiger partial charge is 0.330 e. The number of likely N-dealkylation sites (N-methyl/N-ethyl adjacent to an activating group) is 1. The molecule has 1 atom stereocenters. The summed E-state index contributed by atoms with van der Waals surface area (Å²) in [6, 6.07) is 4.19. The number of rotatable bonds is 9. The summed E-state index contributed by atoms with van der Waals surface area (Å²) in [5.74, 6) is 0.767. The molecule has 0 aliphatic rings. The van der Waals surface area contributed by atoms with Gasteiger partial charge < -0.3 is 10.6 Å². The maximum absolute atomic E-state index is 5.56. The fourth-order valence-electron chi connectivity index (χ4n) is 2.12. The number of nitrogens with zero attached hydrogens (tertiary/aromatic N) is 2. The van der Waals surface area contributed by atoms with Gasteiger partial charge >= 0.3 is 0 Å². The van der Waals surface area contributed by atoms with E-state index in [1.54, 1.807) is 0 Å². The minimum Gasteiger partial charge on any atom is -0.330 e. The second-order valence-electron chi connectivity index (χ2n) is 5.23. The molecule has 3 nitrogen and oxygen atoms in total. The fraction of sp³-hybridized carbons (Fsp3) is 0.667. The molecule has 2 N–H and O–H groups in total. The van der Waals surface area contributed by atoms with Crippen LogP contribution in [0.3, 0.4) is 0 Å². The molecule has 0 aromatic carbocycles. The van der Waals surface area contributed by atoms with Gasteiger partial charge in [-0.15, -0.1) is 0 Å². The summed E-state index contributed by atoms with van der Waals surface area (Å²) in [5.41, 5.74) is 6.93. The van der Waals surface area contributed by atoms with Crippen molar-refractivity contribution in [1.82, 2.24) is 9.88 Å². The van der Waals surface area contributed by atoms with E-state index in [1.165, 1.54) is 24.9 Å². The Labute approximate surface area is 111 Å². The van der Waals surface area contributed by atoms with Crippen LogP contribution in [0.4, 0.5) is 0 Å². The maximum atomic E-state index is 5.56. The van der Waals surface area contributed by atoms with Crippen LogP contribution in [0.2, 0.25) is 0 Å². The Bertz CT molecular complexity index is 300. The van der Waals surface area contributed by atoms with Gasteiger partial charge in [0.05, 0.1) is 0 Å². The van der Waals surface area contributed by atoms with Crippen molar-refractivity contribution in [2.45, 2.75) is 32.6 Å². The molecule has 0 radical (unpaired) electrons. The standard InChI is InChI=1S/C15H27N3/c1-14(5-9-16)4-3-12-18(2)13-8-15-6-10-17-11-7-15/h6-7,10-11,14H,3-5,8-9,12-13,16H2,1-2H3. The summed E-state index contributed by atoms with van der Waals surface area (Å²) >= 11 is 0. The van der Waals surface area contributed by atoms with E-state index in [-0.39, 0.29) is 0 Å². The fourth-order valence-corrected chi connectivity index (χ4v) is 2.12. The third kappa shape index (κ3) is 6.72. The summed E-state index contributed by atoms with van der Waals surface area (Å²) in [5, 5.41) is 0. The molecule has 0 spiro atoms. The first-order valence-electron chi connectivity index (χ1n) is 7.00. The first kappa shape index (κ1) is 15.1. The number of hydrogen-bond donors (Lipinski definition) is 1. The smallest absolute Gasteiger partial charge is 0.0270 e. The average molecular weight is 249 g/mol. The first-order valence-corrected chi connectivity index (χ1v) is 7.00. The molecule has 0 aliphatic carbocycles. The molecule has 1 heterocycles.